The Morgan fingerprint density at radius 1 is 1.50 bits per heavy atom. The predicted molar refractivity (Wildman–Crippen MR) is 64.0 cm³/mol. The molecule has 0 heterocycles. The fourth-order valence-corrected chi connectivity index (χ4v) is 1.74. The second kappa shape index (κ2) is 4.14. The van der Waals surface area contributed by atoms with Gasteiger partial charge in [0, 0.05) is 11.6 Å². The summed E-state index contributed by atoms with van der Waals surface area (Å²) in [7, 11) is 0. The lowest BCUT2D eigenvalue weighted by molar-refractivity contribution is 0.0949. The normalized spacial score (nSPS) is 22.7. The number of nitrogens with one attached hydrogen (secondary N) is 2. The van der Waals surface area contributed by atoms with Gasteiger partial charge in [-0.3, -0.25) is 10.6 Å². The van der Waals surface area contributed by atoms with Crippen molar-refractivity contribution >= 4 is 11.6 Å². The highest BCUT2D eigenvalue weighted by Crippen LogP contribution is 2.29. The van der Waals surface area contributed by atoms with Gasteiger partial charge in [0.2, 0.25) is 0 Å². The van der Waals surface area contributed by atoms with Gasteiger partial charge in [-0.05, 0) is 43.0 Å². The van der Waals surface area contributed by atoms with Crippen LogP contribution in [0.2, 0.25) is 0 Å². The van der Waals surface area contributed by atoms with Gasteiger partial charge in [0.05, 0.1) is 5.69 Å². The molecule has 2 unspecified atom stereocenters. The number of hydrazine groups is 1. The van der Waals surface area contributed by atoms with Crippen LogP contribution in [0.25, 0.3) is 0 Å². The van der Waals surface area contributed by atoms with Crippen molar-refractivity contribution in [1.29, 1.82) is 0 Å². The van der Waals surface area contributed by atoms with Gasteiger partial charge in [-0.25, -0.2) is 0 Å². The molecule has 4 N–H and O–H groups in total. The van der Waals surface area contributed by atoms with E-state index in [-0.39, 0.29) is 5.91 Å². The number of amides is 1. The van der Waals surface area contributed by atoms with E-state index in [1.807, 2.05) is 19.1 Å². The molecular weight excluding hydrogens is 202 g/mol. The molecule has 1 aliphatic carbocycles. The van der Waals surface area contributed by atoms with E-state index in [2.05, 4.69) is 17.7 Å². The maximum Gasteiger partial charge on any atom is 0.251 e. The molecule has 0 radical (unpaired) electrons. The van der Waals surface area contributed by atoms with Gasteiger partial charge >= 0.3 is 0 Å². The Morgan fingerprint density at radius 3 is 2.69 bits per heavy atom. The minimum absolute atomic E-state index is 0.000946. The number of hydrogen-bond donors (Lipinski definition) is 3. The SMILES string of the molecule is Cc1cc(C(=O)NC2CC2C)ccc1NN. The molecule has 1 fully saturated rings. The van der Waals surface area contributed by atoms with Crippen molar-refractivity contribution in [1.82, 2.24) is 5.32 Å². The molecule has 0 bridgehead atoms. The second-order valence-corrected chi connectivity index (χ2v) is 4.47. The monoisotopic (exact) mass is 219 g/mol. The summed E-state index contributed by atoms with van der Waals surface area (Å²) in [6, 6.07) is 5.81. The molecule has 1 aromatic carbocycles. The van der Waals surface area contributed by atoms with Crippen molar-refractivity contribution in [3.05, 3.63) is 29.3 Å². The fourth-order valence-electron chi connectivity index (χ4n) is 1.74. The lowest BCUT2D eigenvalue weighted by atomic mass is 10.1. The zero-order valence-corrected chi connectivity index (χ0v) is 9.58. The first-order valence-electron chi connectivity index (χ1n) is 5.50. The number of benzene rings is 1. The van der Waals surface area contributed by atoms with Crippen molar-refractivity contribution in [3.8, 4) is 0 Å². The summed E-state index contributed by atoms with van der Waals surface area (Å²) in [5.41, 5.74) is 5.10. The highest BCUT2D eigenvalue weighted by Gasteiger charge is 2.33. The molecule has 86 valence electrons. The molecule has 1 saturated carbocycles. The summed E-state index contributed by atoms with van der Waals surface area (Å²) < 4.78 is 0. The van der Waals surface area contributed by atoms with Crippen molar-refractivity contribution in [2.75, 3.05) is 5.43 Å². The third-order valence-electron chi connectivity index (χ3n) is 3.07. The van der Waals surface area contributed by atoms with E-state index < -0.39 is 0 Å². The summed E-state index contributed by atoms with van der Waals surface area (Å²) >= 11 is 0. The molecule has 0 spiro atoms. The number of carbonyl (C=O) groups excluding carboxylic acids is 1. The van der Waals surface area contributed by atoms with Crippen LogP contribution in [0, 0.1) is 12.8 Å². The van der Waals surface area contributed by atoms with E-state index in [0.717, 1.165) is 17.7 Å². The quantitative estimate of drug-likeness (QED) is 0.532. The van der Waals surface area contributed by atoms with Crippen molar-refractivity contribution < 1.29 is 4.79 Å². The van der Waals surface area contributed by atoms with Crippen LogP contribution in [0.5, 0.6) is 0 Å². The van der Waals surface area contributed by atoms with Crippen LogP contribution >= 0.6 is 0 Å². The molecule has 1 aromatic rings. The summed E-state index contributed by atoms with van der Waals surface area (Å²) in [5, 5.41) is 2.99. The number of rotatable bonds is 3. The molecule has 4 nitrogen and oxygen atoms in total. The molecule has 1 amide bonds. The van der Waals surface area contributed by atoms with Gasteiger partial charge in [0.1, 0.15) is 0 Å². The Hall–Kier alpha value is -1.55. The van der Waals surface area contributed by atoms with E-state index in [1.54, 1.807) is 6.07 Å². The van der Waals surface area contributed by atoms with Gasteiger partial charge in [-0.15, -0.1) is 0 Å². The smallest absolute Gasteiger partial charge is 0.251 e. The van der Waals surface area contributed by atoms with E-state index in [0.29, 0.717) is 17.5 Å². The Balaban J connectivity index is 2.08. The number of anilines is 1. The molecule has 1 aliphatic rings. The molecule has 0 aromatic heterocycles. The number of carbonyl (C=O) groups is 1. The Bertz CT molecular complexity index is 417. The highest BCUT2D eigenvalue weighted by atomic mass is 16.1. The van der Waals surface area contributed by atoms with Crippen LogP contribution in [-0.2, 0) is 0 Å². The fraction of sp³-hybridized carbons (Fsp3) is 0.417. The third kappa shape index (κ3) is 2.17. The lowest BCUT2D eigenvalue weighted by Crippen LogP contribution is -2.26. The maximum atomic E-state index is 11.8. The Kier molecular flexibility index (Phi) is 2.83. The topological polar surface area (TPSA) is 67.2 Å². The first-order valence-corrected chi connectivity index (χ1v) is 5.50. The van der Waals surface area contributed by atoms with E-state index in [1.165, 1.54) is 0 Å². The van der Waals surface area contributed by atoms with E-state index >= 15 is 0 Å². The average Bonchev–Trinajstić information content (AvgIpc) is 2.94. The number of aryl methyl sites for hydroxylation is 1. The van der Waals surface area contributed by atoms with E-state index in [9.17, 15) is 4.79 Å². The van der Waals surface area contributed by atoms with Crippen LogP contribution in [-0.4, -0.2) is 11.9 Å². The molecule has 0 saturated heterocycles. The zero-order valence-electron chi connectivity index (χ0n) is 9.58. The minimum atomic E-state index is 0.000946. The summed E-state index contributed by atoms with van der Waals surface area (Å²) in [6.45, 7) is 4.06. The summed E-state index contributed by atoms with van der Waals surface area (Å²) in [4.78, 5) is 11.8. The van der Waals surface area contributed by atoms with Gasteiger partial charge in [-0.2, -0.15) is 0 Å². The molecular formula is C12H17N3O. The number of nitrogens with two attached hydrogens (primary N) is 1. The predicted octanol–water partition coefficient (Wildman–Crippen LogP) is 1.42. The van der Waals surface area contributed by atoms with Crippen molar-refractivity contribution in [2.24, 2.45) is 11.8 Å². The zero-order chi connectivity index (χ0) is 11.7. The molecule has 4 heteroatoms. The lowest BCUT2D eigenvalue weighted by Gasteiger charge is -2.08. The van der Waals surface area contributed by atoms with Crippen LogP contribution < -0.4 is 16.6 Å². The van der Waals surface area contributed by atoms with Gasteiger partial charge < -0.3 is 10.7 Å². The van der Waals surface area contributed by atoms with Crippen LogP contribution in [0.3, 0.4) is 0 Å². The van der Waals surface area contributed by atoms with Crippen molar-refractivity contribution in [3.63, 3.8) is 0 Å². The molecule has 2 atom stereocenters. The van der Waals surface area contributed by atoms with Crippen molar-refractivity contribution in [2.45, 2.75) is 26.3 Å². The van der Waals surface area contributed by atoms with E-state index in [4.69, 9.17) is 5.84 Å². The molecule has 16 heavy (non-hydrogen) atoms. The average molecular weight is 219 g/mol. The third-order valence-corrected chi connectivity index (χ3v) is 3.07. The van der Waals surface area contributed by atoms with Gasteiger partial charge in [0.25, 0.3) is 5.91 Å². The minimum Gasteiger partial charge on any atom is -0.349 e. The molecule has 0 aliphatic heterocycles. The maximum absolute atomic E-state index is 11.8. The largest absolute Gasteiger partial charge is 0.349 e. The standard InChI is InChI=1S/C12H17N3O/c1-7-5-9(3-4-10(7)15-13)12(16)14-11-6-8(11)2/h3-5,8,11,15H,6,13H2,1-2H3,(H,14,16). The Labute approximate surface area is 95.2 Å². The van der Waals surface area contributed by atoms with Crippen LogP contribution in [0.4, 0.5) is 5.69 Å². The molecule has 2 rings (SSSR count). The van der Waals surface area contributed by atoms with Crippen LogP contribution in [0.15, 0.2) is 18.2 Å². The highest BCUT2D eigenvalue weighted by molar-refractivity contribution is 5.95. The van der Waals surface area contributed by atoms with Crippen LogP contribution in [0.1, 0.15) is 29.3 Å². The Morgan fingerprint density at radius 2 is 2.19 bits per heavy atom. The number of hydrogen-bond acceptors (Lipinski definition) is 3. The first-order chi connectivity index (χ1) is 7.61. The first kappa shape index (κ1) is 11.0. The number of nitrogen functional groups attached to an aromatic ring is 1. The summed E-state index contributed by atoms with van der Waals surface area (Å²) in [6.07, 6.45) is 1.09. The second-order valence-electron chi connectivity index (χ2n) is 4.47. The van der Waals surface area contributed by atoms with Gasteiger partial charge in [-0.1, -0.05) is 6.92 Å². The summed E-state index contributed by atoms with van der Waals surface area (Å²) in [5.74, 6) is 5.96. The van der Waals surface area contributed by atoms with Gasteiger partial charge in [0.15, 0.2) is 0 Å².